The summed E-state index contributed by atoms with van der Waals surface area (Å²) in [6.07, 6.45) is 0. The van der Waals surface area contributed by atoms with Crippen LogP contribution in [-0.2, 0) is 23.2 Å². The molecule has 1 nitrogen and oxygen atoms in total. The Morgan fingerprint density at radius 2 is 1.58 bits per heavy atom. The van der Waals surface area contributed by atoms with E-state index in [-0.39, 0.29) is 24.8 Å². The third kappa shape index (κ3) is 3.50. The Balaban J connectivity index is 0.00000169. The molecule has 1 unspecified atom stereocenters. The van der Waals surface area contributed by atoms with Crippen molar-refractivity contribution in [3.63, 3.8) is 0 Å². The predicted octanol–water partition coefficient (Wildman–Crippen LogP) is -0.628. The molecule has 140 valence electrons. The third-order valence-electron chi connectivity index (χ3n) is 6.49. The monoisotopic (exact) mass is 483 g/mol. The van der Waals surface area contributed by atoms with Crippen LogP contribution in [0.25, 0.3) is 10.9 Å². The molecular weight excluding hydrogens is 456 g/mol. The number of allylic oxidation sites excluding steroid dienone is 4. The van der Waals surface area contributed by atoms with E-state index in [1.165, 1.54) is 22.0 Å². The molecule has 3 rings (SSSR count). The summed E-state index contributed by atoms with van der Waals surface area (Å²) >= 11 is -0.824. The van der Waals surface area contributed by atoms with Gasteiger partial charge in [-0.25, -0.2) is 0 Å². The van der Waals surface area contributed by atoms with Gasteiger partial charge < -0.3 is 24.8 Å². The predicted molar refractivity (Wildman–Crippen MR) is 106 cm³/mol. The van der Waals surface area contributed by atoms with Crippen LogP contribution in [0.1, 0.15) is 38.8 Å². The van der Waals surface area contributed by atoms with Crippen LogP contribution in [0.15, 0.2) is 38.2 Å². The molecule has 5 heteroatoms. The summed E-state index contributed by atoms with van der Waals surface area (Å²) in [6.45, 7) is 19.3. The van der Waals surface area contributed by atoms with Crippen molar-refractivity contribution in [2.45, 2.75) is 59.7 Å². The zero-order chi connectivity index (χ0) is 17.8. The molecule has 0 saturated heterocycles. The molecule has 1 aliphatic rings. The van der Waals surface area contributed by atoms with Gasteiger partial charge in [0.2, 0.25) is 0 Å². The van der Waals surface area contributed by atoms with Gasteiger partial charge >= 0.3 is 160 Å². The van der Waals surface area contributed by atoms with E-state index in [1.54, 1.807) is 20.1 Å². The Labute approximate surface area is 184 Å². The zero-order valence-corrected chi connectivity index (χ0v) is 22.2. The maximum atomic E-state index is 3.80. The van der Waals surface area contributed by atoms with Gasteiger partial charge in [0.05, 0.1) is 0 Å². The smallest absolute Gasteiger partial charge is 1.00 e. The van der Waals surface area contributed by atoms with Crippen molar-refractivity contribution in [2.24, 2.45) is 0 Å². The minimum atomic E-state index is -0.824. The fourth-order valence-corrected chi connectivity index (χ4v) is 12.6. The standard InChI is InChI=1S/C11H19Si.C10H10N.2ClH.Zr/c1-8-7-11(4,12(5)6)10(3)9(8)2;1-7-4-3-5-9-10(7)8(2)6-11-9;;;/h12H,1-6H3;3-5,11H,1-2H3;2*1H;/q;;;;+2/p-2. The number of aromatic nitrogens is 1. The molecule has 0 radical (unpaired) electrons. The minimum absolute atomic E-state index is 0. The van der Waals surface area contributed by atoms with E-state index in [9.17, 15) is 0 Å². The molecule has 26 heavy (non-hydrogen) atoms. The average molecular weight is 486 g/mol. The Hall–Kier alpha value is -0.0800. The Morgan fingerprint density at radius 3 is 2.12 bits per heavy atom. The molecule has 0 bridgehead atoms. The van der Waals surface area contributed by atoms with Crippen molar-refractivity contribution in [3.8, 4) is 0 Å². The summed E-state index contributed by atoms with van der Waals surface area (Å²) in [6, 6.07) is 6.64. The average Bonchev–Trinajstić information content (AvgIpc) is 2.93. The van der Waals surface area contributed by atoms with Gasteiger partial charge in [0.1, 0.15) is 0 Å². The number of benzene rings is 1. The van der Waals surface area contributed by atoms with Crippen molar-refractivity contribution in [3.05, 3.63) is 49.3 Å². The quantitative estimate of drug-likeness (QED) is 0.558. The third-order valence-corrected chi connectivity index (χ3v) is 14.9. The number of halogens is 2. The fourth-order valence-electron chi connectivity index (χ4n) is 4.25. The van der Waals surface area contributed by atoms with Crippen molar-refractivity contribution in [2.75, 3.05) is 0 Å². The van der Waals surface area contributed by atoms with Crippen LogP contribution >= 0.6 is 0 Å². The SMILES string of the molecule is CC1=C(C)C(C)([SiH](C)C)[C]([Zr+2][c]2[nH]c3cccc(C)c3c2C)=C1C.[Cl-].[Cl-]. The molecule has 1 aromatic heterocycles. The maximum absolute atomic E-state index is 3.80. The number of rotatable bonds is 3. The fraction of sp³-hybridized carbons (Fsp3) is 0.429. The van der Waals surface area contributed by atoms with Gasteiger partial charge in [-0.05, 0) is 0 Å². The summed E-state index contributed by atoms with van der Waals surface area (Å²) in [5.41, 5.74) is 9.06. The first-order valence-corrected chi connectivity index (χ1v) is 14.3. The first-order chi connectivity index (χ1) is 11.2. The minimum Gasteiger partial charge on any atom is -1.00 e. The normalized spacial score (nSPS) is 19.7. The number of aryl methyl sites for hydroxylation is 2. The molecule has 1 aromatic carbocycles. The van der Waals surface area contributed by atoms with Crippen LogP contribution in [-0.4, -0.2) is 13.8 Å². The molecule has 0 saturated carbocycles. The number of hydrogen-bond donors (Lipinski definition) is 1. The zero-order valence-electron chi connectivity index (χ0n) is 17.1. The van der Waals surface area contributed by atoms with Gasteiger partial charge in [0, 0.05) is 0 Å². The van der Waals surface area contributed by atoms with Crippen LogP contribution in [0.3, 0.4) is 0 Å². The first kappa shape index (κ1) is 24.0. The molecule has 2 aromatic rings. The Bertz CT molecular complexity index is 895. The van der Waals surface area contributed by atoms with Gasteiger partial charge in [-0.2, -0.15) is 0 Å². The van der Waals surface area contributed by atoms with Gasteiger partial charge in [0.25, 0.3) is 0 Å². The number of aromatic amines is 1. The van der Waals surface area contributed by atoms with Crippen LogP contribution in [0.4, 0.5) is 0 Å². The maximum Gasteiger partial charge on any atom is -1.00 e. The number of nitrogens with one attached hydrogen (secondary N) is 1. The van der Waals surface area contributed by atoms with Crippen LogP contribution < -0.4 is 28.2 Å². The Morgan fingerprint density at radius 1 is 0.962 bits per heavy atom. The van der Waals surface area contributed by atoms with Crippen LogP contribution in [0, 0.1) is 13.8 Å². The van der Waals surface area contributed by atoms with E-state index in [4.69, 9.17) is 0 Å². The van der Waals surface area contributed by atoms with Crippen molar-refractivity contribution < 1.29 is 48.0 Å². The molecule has 0 fully saturated rings. The molecule has 0 spiro atoms. The number of fused-ring (bicyclic) bond motifs is 1. The Kier molecular flexibility index (Phi) is 7.85. The molecule has 1 atom stereocenters. The van der Waals surface area contributed by atoms with Crippen LogP contribution in [0.5, 0.6) is 0 Å². The largest absolute Gasteiger partial charge is 1.00 e. The van der Waals surface area contributed by atoms with Gasteiger partial charge in [-0.15, -0.1) is 0 Å². The molecule has 1 aliphatic carbocycles. The van der Waals surface area contributed by atoms with Gasteiger partial charge in [-0.1, -0.05) is 0 Å². The molecule has 0 amide bonds. The molecule has 0 aliphatic heterocycles. The summed E-state index contributed by atoms with van der Waals surface area (Å²) in [5, 5.41) is 1.84. The first-order valence-electron chi connectivity index (χ1n) is 8.94. The topological polar surface area (TPSA) is 15.8 Å². The van der Waals surface area contributed by atoms with E-state index in [2.05, 4.69) is 77.8 Å². The second-order valence-corrected chi connectivity index (χ2v) is 14.4. The van der Waals surface area contributed by atoms with Crippen molar-refractivity contribution >= 4 is 23.1 Å². The molecule has 1 heterocycles. The summed E-state index contributed by atoms with van der Waals surface area (Å²) in [4.78, 5) is 3.80. The van der Waals surface area contributed by atoms with Crippen molar-refractivity contribution in [1.82, 2.24) is 4.98 Å². The van der Waals surface area contributed by atoms with Crippen LogP contribution in [0.2, 0.25) is 18.1 Å². The van der Waals surface area contributed by atoms with E-state index >= 15 is 0 Å². The molecular formula is C21H29Cl2NSiZr. The van der Waals surface area contributed by atoms with Crippen molar-refractivity contribution in [1.29, 1.82) is 0 Å². The second kappa shape index (κ2) is 8.52. The van der Waals surface area contributed by atoms with E-state index < -0.39 is 32.0 Å². The molecule has 1 N–H and O–H groups in total. The van der Waals surface area contributed by atoms with Gasteiger partial charge in [-0.3, -0.25) is 0 Å². The number of hydrogen-bond acceptors (Lipinski definition) is 0. The second-order valence-electron chi connectivity index (χ2n) is 7.85. The van der Waals surface area contributed by atoms with Gasteiger partial charge in [0.15, 0.2) is 0 Å². The summed E-state index contributed by atoms with van der Waals surface area (Å²) in [5.74, 6) is 0. The van der Waals surface area contributed by atoms with E-state index in [1.807, 2.05) is 3.28 Å². The van der Waals surface area contributed by atoms with E-state index in [0.717, 1.165) is 0 Å². The number of H-pyrrole nitrogens is 1. The van der Waals surface area contributed by atoms with E-state index in [0.29, 0.717) is 5.04 Å². The summed E-state index contributed by atoms with van der Waals surface area (Å²) in [7, 11) is -0.820. The summed E-state index contributed by atoms with van der Waals surface area (Å²) < 4.78 is 3.40.